The van der Waals surface area contributed by atoms with Gasteiger partial charge in [-0.3, -0.25) is 4.79 Å². The van der Waals surface area contributed by atoms with Crippen LogP contribution in [0.1, 0.15) is 44.9 Å². The van der Waals surface area contributed by atoms with Gasteiger partial charge in [0, 0.05) is 25.0 Å². The second kappa shape index (κ2) is 7.26. The van der Waals surface area contributed by atoms with E-state index in [9.17, 15) is 4.79 Å². The standard InChI is InChI=1S/C14H24N4O2S/c1-4-10(2)17(3)7-8-18-13(11-5-6-11)15-16-14(18)21-9-12(19)20/h10-11H,4-9H2,1-3H3,(H,19,20). The maximum absolute atomic E-state index is 10.7. The molecule has 0 aliphatic heterocycles. The fourth-order valence-electron chi connectivity index (χ4n) is 2.18. The first kappa shape index (κ1) is 16.3. The van der Waals surface area contributed by atoms with E-state index >= 15 is 0 Å². The molecule has 1 fully saturated rings. The number of nitrogens with zero attached hydrogens (tertiary/aromatic N) is 4. The summed E-state index contributed by atoms with van der Waals surface area (Å²) in [5.41, 5.74) is 0. The molecule has 1 aromatic heterocycles. The van der Waals surface area contributed by atoms with Gasteiger partial charge in [-0.1, -0.05) is 18.7 Å². The van der Waals surface area contributed by atoms with Crippen molar-refractivity contribution in [2.45, 2.75) is 56.8 Å². The minimum atomic E-state index is -0.820. The molecule has 0 radical (unpaired) electrons. The lowest BCUT2D eigenvalue weighted by atomic mass is 10.2. The Morgan fingerprint density at radius 3 is 2.81 bits per heavy atom. The van der Waals surface area contributed by atoms with Gasteiger partial charge in [0.05, 0.1) is 5.75 Å². The average Bonchev–Trinajstić information content (AvgIpc) is 3.22. The Kier molecular flexibility index (Phi) is 5.64. The first-order valence-corrected chi connectivity index (χ1v) is 8.49. The number of carbonyl (C=O) groups is 1. The number of aromatic nitrogens is 3. The van der Waals surface area contributed by atoms with Crippen LogP contribution >= 0.6 is 11.8 Å². The SMILES string of the molecule is CCC(C)N(C)CCn1c(SCC(=O)O)nnc1C1CC1. The van der Waals surface area contributed by atoms with Crippen LogP contribution in [0, 0.1) is 0 Å². The Morgan fingerprint density at radius 1 is 1.52 bits per heavy atom. The Bertz CT molecular complexity index is 487. The molecule has 0 aromatic carbocycles. The van der Waals surface area contributed by atoms with Gasteiger partial charge in [-0.25, -0.2) is 0 Å². The van der Waals surface area contributed by atoms with Crippen LogP contribution in [0.2, 0.25) is 0 Å². The fraction of sp³-hybridized carbons (Fsp3) is 0.786. The van der Waals surface area contributed by atoms with Crippen LogP contribution in [0.25, 0.3) is 0 Å². The van der Waals surface area contributed by atoms with Crippen molar-refractivity contribution in [3.8, 4) is 0 Å². The molecule has 0 amide bonds. The van der Waals surface area contributed by atoms with Gasteiger partial charge in [-0.05, 0) is 33.2 Å². The third-order valence-electron chi connectivity index (χ3n) is 4.03. The molecule has 1 aromatic rings. The Morgan fingerprint density at radius 2 is 2.24 bits per heavy atom. The molecule has 1 unspecified atom stereocenters. The van der Waals surface area contributed by atoms with Crippen molar-refractivity contribution in [3.63, 3.8) is 0 Å². The summed E-state index contributed by atoms with van der Waals surface area (Å²) in [5, 5.41) is 18.0. The number of thioether (sulfide) groups is 1. The number of rotatable bonds is 9. The zero-order valence-electron chi connectivity index (χ0n) is 12.9. The summed E-state index contributed by atoms with van der Waals surface area (Å²) in [6.07, 6.45) is 3.46. The molecular weight excluding hydrogens is 288 g/mol. The molecule has 1 aliphatic rings. The molecule has 0 saturated heterocycles. The van der Waals surface area contributed by atoms with Crippen LogP contribution in [-0.4, -0.2) is 56.1 Å². The van der Waals surface area contributed by atoms with E-state index in [0.29, 0.717) is 12.0 Å². The lowest BCUT2D eigenvalue weighted by molar-refractivity contribution is -0.133. The predicted octanol–water partition coefficient (Wildman–Crippen LogP) is 2.06. The Balaban J connectivity index is 2.03. The molecule has 2 rings (SSSR count). The van der Waals surface area contributed by atoms with Gasteiger partial charge in [0.2, 0.25) is 0 Å². The highest BCUT2D eigenvalue weighted by molar-refractivity contribution is 7.99. The third kappa shape index (κ3) is 4.44. The molecule has 118 valence electrons. The number of carboxylic acids is 1. The molecular formula is C14H24N4O2S. The zero-order valence-corrected chi connectivity index (χ0v) is 13.8. The van der Waals surface area contributed by atoms with E-state index in [-0.39, 0.29) is 5.75 Å². The van der Waals surface area contributed by atoms with Gasteiger partial charge >= 0.3 is 5.97 Å². The van der Waals surface area contributed by atoms with E-state index in [0.717, 1.165) is 30.5 Å². The first-order valence-electron chi connectivity index (χ1n) is 7.50. The molecule has 0 bridgehead atoms. The predicted molar refractivity (Wildman–Crippen MR) is 82.7 cm³/mol. The average molecular weight is 312 g/mol. The number of hydrogen-bond donors (Lipinski definition) is 1. The summed E-state index contributed by atoms with van der Waals surface area (Å²) < 4.78 is 2.12. The molecule has 21 heavy (non-hydrogen) atoms. The third-order valence-corrected chi connectivity index (χ3v) is 4.98. The van der Waals surface area contributed by atoms with Gasteiger partial charge in [0.1, 0.15) is 5.82 Å². The van der Waals surface area contributed by atoms with Crippen molar-refractivity contribution >= 4 is 17.7 Å². The summed E-state index contributed by atoms with van der Waals surface area (Å²) in [7, 11) is 2.12. The van der Waals surface area contributed by atoms with Crippen molar-refractivity contribution < 1.29 is 9.90 Å². The lowest BCUT2D eigenvalue weighted by Gasteiger charge is -2.24. The highest BCUT2D eigenvalue weighted by Crippen LogP contribution is 2.40. The van der Waals surface area contributed by atoms with Crippen LogP contribution in [0.4, 0.5) is 0 Å². The minimum Gasteiger partial charge on any atom is -0.481 e. The van der Waals surface area contributed by atoms with Crippen LogP contribution in [0.3, 0.4) is 0 Å². The fourth-order valence-corrected chi connectivity index (χ4v) is 2.87. The quantitative estimate of drug-likeness (QED) is 0.704. The van der Waals surface area contributed by atoms with Crippen LogP contribution in [0.15, 0.2) is 5.16 Å². The van der Waals surface area contributed by atoms with Crippen LogP contribution < -0.4 is 0 Å². The van der Waals surface area contributed by atoms with E-state index in [4.69, 9.17) is 5.11 Å². The van der Waals surface area contributed by atoms with Gasteiger partial charge in [-0.15, -0.1) is 10.2 Å². The monoisotopic (exact) mass is 312 g/mol. The van der Waals surface area contributed by atoms with Crippen molar-refractivity contribution in [1.29, 1.82) is 0 Å². The molecule has 1 heterocycles. The molecule has 0 spiro atoms. The number of likely N-dealkylation sites (N-methyl/N-ethyl adjacent to an activating group) is 1. The van der Waals surface area contributed by atoms with Crippen LogP contribution in [-0.2, 0) is 11.3 Å². The second-order valence-electron chi connectivity index (χ2n) is 5.69. The smallest absolute Gasteiger partial charge is 0.313 e. The van der Waals surface area contributed by atoms with E-state index < -0.39 is 5.97 Å². The van der Waals surface area contributed by atoms with Crippen molar-refractivity contribution in [2.24, 2.45) is 0 Å². The number of aliphatic carboxylic acids is 1. The number of hydrogen-bond acceptors (Lipinski definition) is 5. The molecule has 1 aliphatic carbocycles. The summed E-state index contributed by atoms with van der Waals surface area (Å²) in [5.74, 6) is 0.759. The topological polar surface area (TPSA) is 71.2 Å². The normalized spacial score (nSPS) is 16.4. The summed E-state index contributed by atoms with van der Waals surface area (Å²) in [6.45, 7) is 6.15. The van der Waals surface area contributed by atoms with Crippen LogP contribution in [0.5, 0.6) is 0 Å². The molecule has 7 heteroatoms. The van der Waals surface area contributed by atoms with Crippen molar-refractivity contribution in [2.75, 3.05) is 19.3 Å². The summed E-state index contributed by atoms with van der Waals surface area (Å²) in [4.78, 5) is 13.1. The van der Waals surface area contributed by atoms with Crippen molar-refractivity contribution in [3.05, 3.63) is 5.82 Å². The van der Waals surface area contributed by atoms with E-state index in [1.165, 1.54) is 24.6 Å². The van der Waals surface area contributed by atoms with Gasteiger partial charge in [0.15, 0.2) is 5.16 Å². The maximum Gasteiger partial charge on any atom is 0.313 e. The second-order valence-corrected chi connectivity index (χ2v) is 6.63. The zero-order chi connectivity index (χ0) is 15.4. The minimum absolute atomic E-state index is 0.0317. The number of carboxylic acid groups (broad SMARTS) is 1. The first-order chi connectivity index (χ1) is 10.0. The van der Waals surface area contributed by atoms with E-state index in [2.05, 4.69) is 40.6 Å². The molecule has 1 saturated carbocycles. The lowest BCUT2D eigenvalue weighted by Crippen LogP contribution is -2.31. The van der Waals surface area contributed by atoms with Crippen molar-refractivity contribution in [1.82, 2.24) is 19.7 Å². The molecule has 1 atom stereocenters. The maximum atomic E-state index is 10.7. The highest BCUT2D eigenvalue weighted by atomic mass is 32.2. The van der Waals surface area contributed by atoms with E-state index in [1.54, 1.807) is 0 Å². The highest BCUT2D eigenvalue weighted by Gasteiger charge is 2.30. The summed E-state index contributed by atoms with van der Waals surface area (Å²) >= 11 is 1.26. The van der Waals surface area contributed by atoms with E-state index in [1.807, 2.05) is 0 Å². The molecule has 6 nitrogen and oxygen atoms in total. The van der Waals surface area contributed by atoms with Gasteiger partial charge < -0.3 is 14.6 Å². The molecule has 1 N–H and O–H groups in total. The summed E-state index contributed by atoms with van der Waals surface area (Å²) in [6, 6.07) is 0.543. The Hall–Kier alpha value is -1.08. The van der Waals surface area contributed by atoms with Gasteiger partial charge in [-0.2, -0.15) is 0 Å². The largest absolute Gasteiger partial charge is 0.481 e. The van der Waals surface area contributed by atoms with Gasteiger partial charge in [0.25, 0.3) is 0 Å². The Labute approximate surface area is 129 Å².